The fourth-order valence-electron chi connectivity index (χ4n) is 3.62. The van der Waals surface area contributed by atoms with Crippen LogP contribution in [0.25, 0.3) is 10.9 Å². The first kappa shape index (κ1) is 17.0. The van der Waals surface area contributed by atoms with Crippen LogP contribution in [-0.2, 0) is 9.53 Å². The Hall–Kier alpha value is -2.47. The van der Waals surface area contributed by atoms with Crippen molar-refractivity contribution in [2.45, 2.75) is 44.1 Å². The molecule has 2 N–H and O–H groups in total. The third-order valence-electron chi connectivity index (χ3n) is 5.20. The highest BCUT2D eigenvalue weighted by Crippen LogP contribution is 2.40. The predicted molar refractivity (Wildman–Crippen MR) is 96.3 cm³/mol. The number of pyridine rings is 1. The van der Waals surface area contributed by atoms with Crippen molar-refractivity contribution in [3.63, 3.8) is 0 Å². The van der Waals surface area contributed by atoms with Crippen molar-refractivity contribution in [1.29, 1.82) is 0 Å². The fraction of sp³-hybridized carbons (Fsp3) is 0.450. The van der Waals surface area contributed by atoms with Crippen molar-refractivity contribution in [1.82, 2.24) is 10.3 Å². The lowest BCUT2D eigenvalue weighted by Gasteiger charge is -2.27. The van der Waals surface area contributed by atoms with Crippen molar-refractivity contribution in [3.8, 4) is 0 Å². The summed E-state index contributed by atoms with van der Waals surface area (Å²) in [5.41, 5.74) is 2.53. The number of carbonyl (C=O) groups excluding carboxylic acids is 1. The van der Waals surface area contributed by atoms with Gasteiger partial charge in [0.05, 0.1) is 29.6 Å². The number of fused-ring (bicyclic) bond motifs is 1. The number of hydrogen-bond acceptors (Lipinski definition) is 4. The van der Waals surface area contributed by atoms with Gasteiger partial charge < -0.3 is 15.2 Å². The summed E-state index contributed by atoms with van der Waals surface area (Å²) in [5.74, 6) is -0.767. The zero-order valence-electron chi connectivity index (χ0n) is 14.7. The van der Waals surface area contributed by atoms with E-state index >= 15 is 0 Å². The smallest absolute Gasteiger partial charge is 0.305 e. The van der Waals surface area contributed by atoms with E-state index in [9.17, 15) is 14.7 Å². The number of rotatable bonds is 5. The van der Waals surface area contributed by atoms with Crippen molar-refractivity contribution >= 4 is 22.8 Å². The van der Waals surface area contributed by atoms with Crippen LogP contribution in [0.15, 0.2) is 24.3 Å². The fourth-order valence-corrected chi connectivity index (χ4v) is 3.62. The van der Waals surface area contributed by atoms with E-state index in [0.29, 0.717) is 24.5 Å². The maximum Gasteiger partial charge on any atom is 0.305 e. The second kappa shape index (κ2) is 6.36. The molecule has 4 rings (SSSR count). The number of aromatic nitrogens is 1. The molecular weight excluding hydrogens is 332 g/mol. The van der Waals surface area contributed by atoms with Gasteiger partial charge in [-0.2, -0.15) is 0 Å². The number of carbonyl (C=O) groups is 2. The molecule has 1 saturated heterocycles. The molecule has 1 aromatic carbocycles. The van der Waals surface area contributed by atoms with Crippen molar-refractivity contribution in [2.24, 2.45) is 0 Å². The largest absolute Gasteiger partial charge is 0.481 e. The van der Waals surface area contributed by atoms with Crippen molar-refractivity contribution in [2.75, 3.05) is 13.2 Å². The Bertz CT molecular complexity index is 883. The van der Waals surface area contributed by atoms with Gasteiger partial charge in [0.15, 0.2) is 0 Å². The first-order chi connectivity index (χ1) is 12.5. The third-order valence-corrected chi connectivity index (χ3v) is 5.20. The van der Waals surface area contributed by atoms with Crippen LogP contribution in [0.2, 0.25) is 0 Å². The van der Waals surface area contributed by atoms with E-state index in [4.69, 9.17) is 9.72 Å². The molecule has 0 radical (unpaired) electrons. The van der Waals surface area contributed by atoms with Crippen LogP contribution < -0.4 is 5.32 Å². The summed E-state index contributed by atoms with van der Waals surface area (Å²) < 4.78 is 5.39. The number of nitrogens with zero attached hydrogens (tertiary/aromatic N) is 1. The van der Waals surface area contributed by atoms with Gasteiger partial charge in [-0.1, -0.05) is 11.6 Å². The Morgan fingerprint density at radius 2 is 2.15 bits per heavy atom. The van der Waals surface area contributed by atoms with E-state index in [1.807, 2.05) is 31.2 Å². The zero-order valence-corrected chi connectivity index (χ0v) is 14.7. The summed E-state index contributed by atoms with van der Waals surface area (Å²) in [4.78, 5) is 29.1. The summed E-state index contributed by atoms with van der Waals surface area (Å²) in [6.45, 7) is 2.66. The molecule has 2 heterocycles. The first-order valence-corrected chi connectivity index (χ1v) is 8.99. The SMILES string of the molecule is Cc1ccc2nc(C3CC3)cc(C(=O)NC3(CC(=O)O)CCOC3)c2c1. The van der Waals surface area contributed by atoms with Gasteiger partial charge in [0.1, 0.15) is 0 Å². The van der Waals surface area contributed by atoms with Crippen LogP contribution in [0.4, 0.5) is 0 Å². The normalized spacial score (nSPS) is 22.5. The number of carboxylic acids is 1. The van der Waals surface area contributed by atoms with E-state index in [1.165, 1.54) is 0 Å². The molecule has 6 nitrogen and oxygen atoms in total. The van der Waals surface area contributed by atoms with Gasteiger partial charge >= 0.3 is 5.97 Å². The molecule has 1 atom stereocenters. The molecular formula is C20H22N2O4. The number of hydrogen-bond donors (Lipinski definition) is 2. The molecule has 1 aliphatic carbocycles. The molecule has 0 spiro atoms. The topological polar surface area (TPSA) is 88.5 Å². The standard InChI is InChI=1S/C20H22N2O4/c1-12-2-5-16-14(8-12)15(9-17(21-16)13-3-4-13)19(25)22-20(10-18(23)24)6-7-26-11-20/h2,5,8-9,13H,3-4,6-7,10-11H2,1H3,(H,22,25)(H,23,24). The zero-order chi connectivity index (χ0) is 18.3. The van der Waals surface area contributed by atoms with Gasteiger partial charge in [0.2, 0.25) is 0 Å². The molecule has 26 heavy (non-hydrogen) atoms. The highest BCUT2D eigenvalue weighted by molar-refractivity contribution is 6.06. The van der Waals surface area contributed by atoms with E-state index in [2.05, 4.69) is 5.32 Å². The monoisotopic (exact) mass is 354 g/mol. The molecule has 2 aromatic rings. The Morgan fingerprint density at radius 3 is 2.81 bits per heavy atom. The van der Waals surface area contributed by atoms with Crippen LogP contribution in [0.1, 0.15) is 53.2 Å². The van der Waals surface area contributed by atoms with Crippen molar-refractivity contribution < 1.29 is 19.4 Å². The van der Waals surface area contributed by atoms with Crippen LogP contribution in [0, 0.1) is 6.92 Å². The molecule has 1 aliphatic heterocycles. The number of nitrogens with one attached hydrogen (secondary N) is 1. The average molecular weight is 354 g/mol. The molecule has 136 valence electrons. The second-order valence-corrected chi connectivity index (χ2v) is 7.50. The third kappa shape index (κ3) is 3.29. The Morgan fingerprint density at radius 1 is 1.35 bits per heavy atom. The number of carboxylic acid groups (broad SMARTS) is 1. The molecule has 1 amide bonds. The Balaban J connectivity index is 1.73. The number of benzene rings is 1. The highest BCUT2D eigenvalue weighted by atomic mass is 16.5. The van der Waals surface area contributed by atoms with Gasteiger partial charge in [-0.3, -0.25) is 14.6 Å². The second-order valence-electron chi connectivity index (χ2n) is 7.50. The van der Waals surface area contributed by atoms with Gasteiger partial charge in [-0.25, -0.2) is 0 Å². The lowest BCUT2D eigenvalue weighted by molar-refractivity contribution is -0.138. The summed E-state index contributed by atoms with van der Waals surface area (Å²) >= 11 is 0. The molecule has 1 saturated carbocycles. The quantitative estimate of drug-likeness (QED) is 0.862. The summed E-state index contributed by atoms with van der Waals surface area (Å²) in [6.07, 6.45) is 2.56. The number of amides is 1. The van der Waals surface area contributed by atoms with Gasteiger partial charge in [0, 0.05) is 23.6 Å². The number of aliphatic carboxylic acids is 1. The minimum atomic E-state index is -0.940. The van der Waals surface area contributed by atoms with E-state index in [0.717, 1.165) is 35.0 Å². The lowest BCUT2D eigenvalue weighted by atomic mass is 9.93. The van der Waals surface area contributed by atoms with Gasteiger partial charge in [0.25, 0.3) is 5.91 Å². The van der Waals surface area contributed by atoms with Crippen LogP contribution >= 0.6 is 0 Å². The van der Waals surface area contributed by atoms with E-state index < -0.39 is 11.5 Å². The molecule has 0 bridgehead atoms. The first-order valence-electron chi connectivity index (χ1n) is 8.99. The van der Waals surface area contributed by atoms with E-state index in [-0.39, 0.29) is 18.9 Å². The van der Waals surface area contributed by atoms with Gasteiger partial charge in [-0.05, 0) is 44.4 Å². The van der Waals surface area contributed by atoms with E-state index in [1.54, 1.807) is 0 Å². The lowest BCUT2D eigenvalue weighted by Crippen LogP contribution is -2.50. The average Bonchev–Trinajstić information content (AvgIpc) is 3.34. The number of aryl methyl sites for hydroxylation is 1. The predicted octanol–water partition coefficient (Wildman–Crippen LogP) is 2.78. The summed E-state index contributed by atoms with van der Waals surface area (Å²) in [6, 6.07) is 7.77. The van der Waals surface area contributed by atoms with Crippen LogP contribution in [0.3, 0.4) is 0 Å². The Labute approximate surface area is 151 Å². The Kier molecular flexibility index (Phi) is 4.15. The van der Waals surface area contributed by atoms with Crippen molar-refractivity contribution in [3.05, 3.63) is 41.1 Å². The molecule has 2 aliphatic rings. The summed E-state index contributed by atoms with van der Waals surface area (Å²) in [7, 11) is 0. The van der Waals surface area contributed by atoms with Crippen LogP contribution in [0.5, 0.6) is 0 Å². The number of ether oxygens (including phenoxy) is 1. The molecule has 2 fully saturated rings. The molecule has 1 aromatic heterocycles. The molecule has 6 heteroatoms. The summed E-state index contributed by atoms with van der Waals surface area (Å²) in [5, 5.41) is 13.0. The molecule has 1 unspecified atom stereocenters. The highest BCUT2D eigenvalue weighted by Gasteiger charge is 2.39. The minimum absolute atomic E-state index is 0.143. The minimum Gasteiger partial charge on any atom is -0.481 e. The maximum atomic E-state index is 13.1. The maximum absolute atomic E-state index is 13.1. The van der Waals surface area contributed by atoms with Crippen LogP contribution in [-0.4, -0.2) is 40.7 Å². The van der Waals surface area contributed by atoms with Gasteiger partial charge in [-0.15, -0.1) is 0 Å².